The highest BCUT2D eigenvalue weighted by atomic mass is 127. The molecule has 0 unspecified atom stereocenters. The van der Waals surface area contributed by atoms with E-state index in [9.17, 15) is 15.0 Å². The summed E-state index contributed by atoms with van der Waals surface area (Å²) in [6.45, 7) is 0. The quantitative estimate of drug-likeness (QED) is 0.573. The maximum atomic E-state index is 11.9. The van der Waals surface area contributed by atoms with Crippen molar-refractivity contribution >= 4 is 34.2 Å². The maximum Gasteiger partial charge on any atom is 0.259 e. The molecule has 0 atom stereocenters. The largest absolute Gasteiger partial charge is 0.504 e. The number of nitrogens with one attached hydrogen (secondary N) is 1. The number of halogens is 1. The summed E-state index contributed by atoms with van der Waals surface area (Å²) in [7, 11) is 0. The van der Waals surface area contributed by atoms with Gasteiger partial charge in [-0.1, -0.05) is 12.1 Å². The van der Waals surface area contributed by atoms with Crippen molar-refractivity contribution in [2.24, 2.45) is 0 Å². The van der Waals surface area contributed by atoms with E-state index in [0.717, 1.165) is 3.57 Å². The topological polar surface area (TPSA) is 69.6 Å². The average molecular weight is 355 g/mol. The fourth-order valence-electron chi connectivity index (χ4n) is 1.48. The first kappa shape index (κ1) is 12.7. The van der Waals surface area contributed by atoms with Crippen LogP contribution in [0.15, 0.2) is 42.5 Å². The highest BCUT2D eigenvalue weighted by Gasteiger charge is 2.13. The average Bonchev–Trinajstić information content (AvgIpc) is 2.32. The van der Waals surface area contributed by atoms with E-state index in [1.165, 1.54) is 18.2 Å². The zero-order valence-electron chi connectivity index (χ0n) is 9.22. The molecule has 0 radical (unpaired) electrons. The molecule has 0 heterocycles. The minimum Gasteiger partial charge on any atom is -0.504 e. The normalized spacial score (nSPS) is 10.1. The Bertz CT molecular complexity index is 599. The first-order valence-electron chi connectivity index (χ1n) is 5.16. The van der Waals surface area contributed by atoms with Crippen LogP contribution in [0.3, 0.4) is 0 Å². The van der Waals surface area contributed by atoms with Crippen molar-refractivity contribution in [3.05, 3.63) is 51.6 Å². The lowest BCUT2D eigenvalue weighted by Crippen LogP contribution is -2.12. The molecular weight excluding hydrogens is 345 g/mol. The highest BCUT2D eigenvalue weighted by molar-refractivity contribution is 14.1. The van der Waals surface area contributed by atoms with Crippen LogP contribution in [0, 0.1) is 3.57 Å². The van der Waals surface area contributed by atoms with Crippen molar-refractivity contribution in [3.63, 3.8) is 0 Å². The Balaban J connectivity index is 2.25. The monoisotopic (exact) mass is 355 g/mol. The van der Waals surface area contributed by atoms with Gasteiger partial charge < -0.3 is 15.5 Å². The highest BCUT2D eigenvalue weighted by Crippen LogP contribution is 2.28. The fraction of sp³-hybridized carbons (Fsp3) is 0. The van der Waals surface area contributed by atoms with Crippen LogP contribution in [-0.4, -0.2) is 16.1 Å². The molecular formula is C13H10INO3. The van der Waals surface area contributed by atoms with E-state index in [0.29, 0.717) is 5.69 Å². The smallest absolute Gasteiger partial charge is 0.259 e. The zero-order valence-corrected chi connectivity index (χ0v) is 11.4. The predicted octanol–water partition coefficient (Wildman–Crippen LogP) is 2.95. The molecule has 92 valence electrons. The molecule has 0 fully saturated rings. The van der Waals surface area contributed by atoms with E-state index < -0.39 is 11.7 Å². The van der Waals surface area contributed by atoms with E-state index in [4.69, 9.17) is 0 Å². The molecule has 2 rings (SSSR count). The standard InChI is InChI=1S/C13H10INO3/c14-8-3-1-4-9(7-8)15-13(18)10-5-2-6-11(16)12(10)17/h1-7,16-17H,(H,15,18). The van der Waals surface area contributed by atoms with Gasteiger partial charge in [0.05, 0.1) is 5.56 Å². The number of aromatic hydroxyl groups is 2. The number of carbonyl (C=O) groups excluding carboxylic acids is 1. The fourth-order valence-corrected chi connectivity index (χ4v) is 2.02. The SMILES string of the molecule is O=C(Nc1cccc(I)c1)c1cccc(O)c1O. The van der Waals surface area contributed by atoms with E-state index in [2.05, 4.69) is 27.9 Å². The van der Waals surface area contributed by atoms with Gasteiger partial charge in [0.15, 0.2) is 11.5 Å². The second kappa shape index (κ2) is 5.26. The van der Waals surface area contributed by atoms with E-state index in [1.54, 1.807) is 12.1 Å². The molecule has 0 aliphatic rings. The van der Waals surface area contributed by atoms with Crippen LogP contribution < -0.4 is 5.32 Å². The Morgan fingerprint density at radius 2 is 1.83 bits per heavy atom. The van der Waals surface area contributed by atoms with Gasteiger partial charge in [0.25, 0.3) is 5.91 Å². The second-order valence-corrected chi connectivity index (χ2v) is 4.88. The summed E-state index contributed by atoms with van der Waals surface area (Å²) >= 11 is 2.14. The van der Waals surface area contributed by atoms with E-state index >= 15 is 0 Å². The van der Waals surface area contributed by atoms with E-state index in [1.807, 2.05) is 12.1 Å². The molecule has 3 N–H and O–H groups in total. The third-order valence-corrected chi connectivity index (χ3v) is 3.01. The summed E-state index contributed by atoms with van der Waals surface area (Å²) in [5.74, 6) is -1.20. The van der Waals surface area contributed by atoms with Crippen molar-refractivity contribution in [1.29, 1.82) is 0 Å². The third kappa shape index (κ3) is 2.73. The number of amides is 1. The lowest BCUT2D eigenvalue weighted by atomic mass is 10.1. The van der Waals surface area contributed by atoms with Crippen LogP contribution in [0.1, 0.15) is 10.4 Å². The molecule has 0 saturated carbocycles. The van der Waals surface area contributed by atoms with Crippen LogP contribution >= 0.6 is 22.6 Å². The number of carbonyl (C=O) groups is 1. The molecule has 18 heavy (non-hydrogen) atoms. The van der Waals surface area contributed by atoms with Gasteiger partial charge in [0.2, 0.25) is 0 Å². The summed E-state index contributed by atoms with van der Waals surface area (Å²) < 4.78 is 0.991. The van der Waals surface area contributed by atoms with Crippen LogP contribution in [0.2, 0.25) is 0 Å². The summed E-state index contributed by atoms with van der Waals surface area (Å²) in [6.07, 6.45) is 0. The molecule has 2 aromatic rings. The third-order valence-electron chi connectivity index (χ3n) is 2.34. The Hall–Kier alpha value is -1.76. The molecule has 0 saturated heterocycles. The predicted molar refractivity (Wildman–Crippen MR) is 76.9 cm³/mol. The number of hydrogen-bond donors (Lipinski definition) is 3. The van der Waals surface area contributed by atoms with Gasteiger partial charge in [-0.25, -0.2) is 0 Å². The van der Waals surface area contributed by atoms with Gasteiger partial charge in [0, 0.05) is 9.26 Å². The molecule has 4 nitrogen and oxygen atoms in total. The lowest BCUT2D eigenvalue weighted by Gasteiger charge is -2.07. The molecule has 0 aromatic heterocycles. The Morgan fingerprint density at radius 3 is 2.56 bits per heavy atom. The molecule has 0 aliphatic heterocycles. The zero-order chi connectivity index (χ0) is 13.1. The second-order valence-electron chi connectivity index (χ2n) is 3.64. The van der Waals surface area contributed by atoms with Crippen molar-refractivity contribution in [2.45, 2.75) is 0 Å². The Morgan fingerprint density at radius 1 is 1.11 bits per heavy atom. The lowest BCUT2D eigenvalue weighted by molar-refractivity contribution is 0.102. The number of rotatable bonds is 2. The summed E-state index contributed by atoms with van der Waals surface area (Å²) in [6, 6.07) is 11.5. The number of phenols is 2. The molecule has 0 spiro atoms. The molecule has 1 amide bonds. The number of phenolic OH excluding ortho intramolecular Hbond substituents is 2. The van der Waals surface area contributed by atoms with Gasteiger partial charge in [-0.15, -0.1) is 0 Å². The summed E-state index contributed by atoms with van der Waals surface area (Å²) in [5.41, 5.74) is 0.670. The molecule has 0 aliphatic carbocycles. The van der Waals surface area contributed by atoms with Crippen LogP contribution in [0.5, 0.6) is 11.5 Å². The van der Waals surface area contributed by atoms with Crippen molar-refractivity contribution in [3.8, 4) is 11.5 Å². The number of hydrogen-bond acceptors (Lipinski definition) is 3. The minimum absolute atomic E-state index is 0.0360. The van der Waals surface area contributed by atoms with Gasteiger partial charge in [0.1, 0.15) is 0 Å². The van der Waals surface area contributed by atoms with Crippen LogP contribution in [0.4, 0.5) is 5.69 Å². The van der Waals surface area contributed by atoms with Gasteiger partial charge in [-0.05, 0) is 52.9 Å². The Kier molecular flexibility index (Phi) is 3.71. The van der Waals surface area contributed by atoms with Crippen molar-refractivity contribution in [1.82, 2.24) is 0 Å². The summed E-state index contributed by atoms with van der Waals surface area (Å²) in [5, 5.41) is 21.6. The van der Waals surface area contributed by atoms with Crippen molar-refractivity contribution in [2.75, 3.05) is 5.32 Å². The maximum absolute atomic E-state index is 11.9. The van der Waals surface area contributed by atoms with Crippen molar-refractivity contribution < 1.29 is 15.0 Å². The van der Waals surface area contributed by atoms with Gasteiger partial charge >= 0.3 is 0 Å². The number of para-hydroxylation sites is 1. The van der Waals surface area contributed by atoms with Gasteiger partial charge in [-0.3, -0.25) is 4.79 Å². The summed E-state index contributed by atoms with van der Waals surface area (Å²) in [4.78, 5) is 11.9. The van der Waals surface area contributed by atoms with E-state index in [-0.39, 0.29) is 11.3 Å². The number of benzene rings is 2. The first-order valence-corrected chi connectivity index (χ1v) is 6.23. The molecule has 0 bridgehead atoms. The van der Waals surface area contributed by atoms with Gasteiger partial charge in [-0.2, -0.15) is 0 Å². The van der Waals surface area contributed by atoms with Crippen LogP contribution in [-0.2, 0) is 0 Å². The minimum atomic E-state index is -0.467. The first-order chi connectivity index (χ1) is 8.58. The molecule has 2 aromatic carbocycles. The Labute approximate surface area is 117 Å². The number of anilines is 1. The molecule has 5 heteroatoms. The van der Waals surface area contributed by atoms with Crippen LogP contribution in [0.25, 0.3) is 0 Å².